The largest absolute Gasteiger partial charge is 0.461 e. The van der Waals surface area contributed by atoms with E-state index < -0.39 is 46.0 Å². The van der Waals surface area contributed by atoms with E-state index in [1.807, 2.05) is 42.5 Å². The molecule has 12 heteroatoms. The maximum Gasteiger partial charge on any atom is 0.311 e. The van der Waals surface area contributed by atoms with Crippen LogP contribution >= 0.6 is 15.9 Å². The maximum atomic E-state index is 13.7. The minimum Gasteiger partial charge on any atom is -0.461 e. The molecule has 3 aromatic rings. The number of ether oxygens (including phenoxy) is 1. The summed E-state index contributed by atoms with van der Waals surface area (Å²) in [7, 11) is -4.75. The van der Waals surface area contributed by atoms with Gasteiger partial charge in [0.25, 0.3) is 11.8 Å². The zero-order valence-corrected chi connectivity index (χ0v) is 24.1. The van der Waals surface area contributed by atoms with Crippen LogP contribution in [-0.4, -0.2) is 47.4 Å². The van der Waals surface area contributed by atoms with E-state index in [0.717, 1.165) is 11.1 Å². The van der Waals surface area contributed by atoms with Crippen molar-refractivity contribution in [3.05, 3.63) is 113 Å². The van der Waals surface area contributed by atoms with E-state index in [9.17, 15) is 27.6 Å². The van der Waals surface area contributed by atoms with Crippen molar-refractivity contribution in [1.82, 2.24) is 13.9 Å². The van der Waals surface area contributed by atoms with Gasteiger partial charge in [-0.05, 0) is 51.7 Å². The quantitative estimate of drug-likeness (QED) is 0.293. The number of nitrogens with one attached hydrogen (secondary N) is 1. The summed E-state index contributed by atoms with van der Waals surface area (Å²) in [6.45, 7) is 1.35. The Kier molecular flexibility index (Phi) is 7.89. The van der Waals surface area contributed by atoms with Gasteiger partial charge in [-0.3, -0.25) is 19.2 Å². The molecule has 0 aliphatic carbocycles. The number of rotatable bonds is 8. The van der Waals surface area contributed by atoms with Gasteiger partial charge >= 0.3 is 16.2 Å². The van der Waals surface area contributed by atoms with E-state index >= 15 is 0 Å². The third-order valence-electron chi connectivity index (χ3n) is 6.72. The lowest BCUT2D eigenvalue weighted by Gasteiger charge is -2.35. The van der Waals surface area contributed by atoms with Crippen LogP contribution in [0, 0.1) is 0 Å². The predicted molar refractivity (Wildman–Crippen MR) is 152 cm³/mol. The van der Waals surface area contributed by atoms with Crippen molar-refractivity contribution < 1.29 is 32.3 Å². The third-order valence-corrected chi connectivity index (χ3v) is 8.81. The van der Waals surface area contributed by atoms with Gasteiger partial charge in [-0.1, -0.05) is 66.7 Å². The van der Waals surface area contributed by atoms with Gasteiger partial charge in [-0.15, -0.1) is 0 Å². The zero-order valence-electron chi connectivity index (χ0n) is 21.7. The maximum absolute atomic E-state index is 13.7. The van der Waals surface area contributed by atoms with E-state index in [4.69, 9.17) is 4.74 Å². The molecule has 3 amide bonds. The van der Waals surface area contributed by atoms with Gasteiger partial charge in [0.05, 0.1) is 29.6 Å². The number of imide groups is 1. The molecule has 0 saturated carbocycles. The van der Waals surface area contributed by atoms with Crippen LogP contribution in [0.2, 0.25) is 0 Å². The molecule has 0 bridgehead atoms. The molecule has 41 heavy (non-hydrogen) atoms. The van der Waals surface area contributed by atoms with Crippen molar-refractivity contribution >= 4 is 54.3 Å². The van der Waals surface area contributed by atoms with E-state index in [1.54, 1.807) is 12.1 Å². The minimum absolute atomic E-state index is 0.0459. The monoisotopic (exact) mass is 637 g/mol. The van der Waals surface area contributed by atoms with E-state index in [1.165, 1.54) is 42.3 Å². The molecule has 1 N–H and O–H groups in total. The fourth-order valence-electron chi connectivity index (χ4n) is 4.75. The molecule has 3 aromatic carbocycles. The van der Waals surface area contributed by atoms with Crippen molar-refractivity contribution in [2.75, 3.05) is 0 Å². The average molecular weight is 638 g/mol. The van der Waals surface area contributed by atoms with Crippen LogP contribution in [-0.2, 0) is 31.1 Å². The molecule has 10 nitrogen and oxygen atoms in total. The lowest BCUT2D eigenvalue weighted by molar-refractivity contribution is -0.147. The second kappa shape index (κ2) is 11.4. The number of carbonyl (C=O) groups is 4. The Balaban J connectivity index is 1.36. The second-order valence-electron chi connectivity index (χ2n) is 9.44. The van der Waals surface area contributed by atoms with Gasteiger partial charge < -0.3 is 9.64 Å². The highest BCUT2D eigenvalue weighted by Gasteiger charge is 2.45. The van der Waals surface area contributed by atoms with Crippen LogP contribution in [0.4, 0.5) is 0 Å². The van der Waals surface area contributed by atoms with Gasteiger partial charge in [-0.2, -0.15) is 17.4 Å². The summed E-state index contributed by atoms with van der Waals surface area (Å²) in [5, 5.41) is 0. The Morgan fingerprint density at radius 3 is 2.10 bits per heavy atom. The number of amides is 3. The van der Waals surface area contributed by atoms with E-state index in [0.29, 0.717) is 10.0 Å². The fraction of sp³-hybridized carbons (Fsp3) is 0.172. The number of nitrogens with zero attached hydrogens (tertiary/aromatic N) is 2. The number of hydrogen-bond acceptors (Lipinski definition) is 7. The molecule has 0 aromatic heterocycles. The standard InChI is InChI=1S/C29H24BrN3O7S/c1-18(31-41(38,39)33-28(36)22-13-7-8-14-23(22)29(33)37)27(35)32-16-24(30)20-11-5-6-12-21(20)25(32)15-26(34)40-17-19-9-3-2-4-10-19/h2-14,16,18,25,31H,15,17H2,1H3. The smallest absolute Gasteiger partial charge is 0.311 e. The summed E-state index contributed by atoms with van der Waals surface area (Å²) in [4.78, 5) is 53.4. The highest BCUT2D eigenvalue weighted by atomic mass is 79.9. The number of carbonyl (C=O) groups excluding carboxylic acids is 4. The van der Waals surface area contributed by atoms with Crippen molar-refractivity contribution in [3.8, 4) is 0 Å². The first-order valence-electron chi connectivity index (χ1n) is 12.6. The van der Waals surface area contributed by atoms with E-state index in [-0.39, 0.29) is 28.5 Å². The molecule has 0 radical (unpaired) electrons. The van der Waals surface area contributed by atoms with Crippen molar-refractivity contribution in [2.24, 2.45) is 0 Å². The Hall–Kier alpha value is -4.13. The summed E-state index contributed by atoms with van der Waals surface area (Å²) in [5.41, 5.74) is 2.13. The molecular formula is C29H24BrN3O7S. The molecule has 2 aliphatic heterocycles. The zero-order chi connectivity index (χ0) is 29.3. The first kappa shape index (κ1) is 28.4. The first-order valence-corrected chi connectivity index (χ1v) is 14.8. The van der Waals surface area contributed by atoms with E-state index in [2.05, 4.69) is 20.7 Å². The van der Waals surface area contributed by atoms with Gasteiger partial charge in [-0.25, -0.2) is 0 Å². The summed E-state index contributed by atoms with van der Waals surface area (Å²) < 4.78 is 34.6. The summed E-state index contributed by atoms with van der Waals surface area (Å²) in [6, 6.07) is 19.9. The molecule has 2 atom stereocenters. The highest BCUT2D eigenvalue weighted by molar-refractivity contribution is 9.15. The number of hydrogen-bond donors (Lipinski definition) is 1. The summed E-state index contributed by atoms with van der Waals surface area (Å²) >= 11 is 3.46. The van der Waals surface area contributed by atoms with Crippen LogP contribution in [0.1, 0.15) is 56.8 Å². The van der Waals surface area contributed by atoms with Crippen LogP contribution in [0.15, 0.2) is 85.1 Å². The predicted octanol–water partition coefficient (Wildman–Crippen LogP) is 3.92. The highest BCUT2D eigenvalue weighted by Crippen LogP contribution is 2.40. The minimum atomic E-state index is -4.75. The van der Waals surface area contributed by atoms with Crippen LogP contribution in [0.5, 0.6) is 0 Å². The Morgan fingerprint density at radius 1 is 0.902 bits per heavy atom. The summed E-state index contributed by atoms with van der Waals surface area (Å²) in [5.74, 6) is -3.28. The lowest BCUT2D eigenvalue weighted by atomic mass is 9.93. The van der Waals surface area contributed by atoms with Gasteiger partial charge in [0, 0.05) is 10.7 Å². The van der Waals surface area contributed by atoms with Crippen LogP contribution in [0.25, 0.3) is 4.48 Å². The molecule has 210 valence electrons. The molecule has 5 rings (SSSR count). The fourth-order valence-corrected chi connectivity index (χ4v) is 6.62. The Morgan fingerprint density at radius 2 is 1.46 bits per heavy atom. The second-order valence-corrected chi connectivity index (χ2v) is 11.8. The van der Waals surface area contributed by atoms with Gasteiger partial charge in [0.1, 0.15) is 6.61 Å². The first-order chi connectivity index (χ1) is 19.6. The van der Waals surface area contributed by atoms with Crippen LogP contribution < -0.4 is 4.72 Å². The topological polar surface area (TPSA) is 130 Å². The lowest BCUT2D eigenvalue weighted by Crippen LogP contribution is -2.52. The van der Waals surface area contributed by atoms with Crippen molar-refractivity contribution in [3.63, 3.8) is 0 Å². The molecule has 0 saturated heterocycles. The average Bonchev–Trinajstić information content (AvgIpc) is 3.23. The SMILES string of the molecule is CC(NS(=O)(=O)N1C(=O)c2ccccc2C1=O)C(=O)N1C=C(Br)c2ccccc2C1CC(=O)OCc1ccccc1. The van der Waals surface area contributed by atoms with Gasteiger partial charge in [0.2, 0.25) is 5.91 Å². The molecular weight excluding hydrogens is 614 g/mol. The Bertz CT molecular complexity index is 1660. The number of benzene rings is 3. The van der Waals surface area contributed by atoms with Gasteiger partial charge in [0.15, 0.2) is 0 Å². The number of esters is 1. The molecule has 2 unspecified atom stereocenters. The normalized spacial score (nSPS) is 17.0. The molecule has 0 fully saturated rings. The molecule has 2 aliphatic rings. The van der Waals surface area contributed by atoms with Crippen molar-refractivity contribution in [2.45, 2.75) is 32.0 Å². The van der Waals surface area contributed by atoms with Crippen LogP contribution in [0.3, 0.4) is 0 Å². The Labute approximate surface area is 244 Å². The molecule has 0 spiro atoms. The third kappa shape index (κ3) is 5.58. The number of halogens is 1. The number of fused-ring (bicyclic) bond motifs is 2. The van der Waals surface area contributed by atoms with Crippen molar-refractivity contribution in [1.29, 1.82) is 0 Å². The summed E-state index contributed by atoms with van der Waals surface area (Å²) in [6.07, 6.45) is 1.27. The molecule has 2 heterocycles.